The summed E-state index contributed by atoms with van der Waals surface area (Å²) in [6.07, 6.45) is 7.35. The maximum absolute atomic E-state index is 14.0. The van der Waals surface area contributed by atoms with E-state index in [0.29, 0.717) is 24.6 Å². The molecule has 1 aliphatic carbocycles. The zero-order chi connectivity index (χ0) is 24.9. The molecule has 2 aromatic carbocycles. The van der Waals surface area contributed by atoms with E-state index in [1.807, 2.05) is 29.2 Å². The number of hydrogen-bond donors (Lipinski definition) is 1. The van der Waals surface area contributed by atoms with Crippen molar-refractivity contribution in [2.45, 2.75) is 64.3 Å². The van der Waals surface area contributed by atoms with Gasteiger partial charge in [0, 0.05) is 42.7 Å². The van der Waals surface area contributed by atoms with Gasteiger partial charge in [0.15, 0.2) is 0 Å². The Hall–Kier alpha value is -2.92. The van der Waals surface area contributed by atoms with Crippen molar-refractivity contribution in [3.05, 3.63) is 81.6 Å². The van der Waals surface area contributed by atoms with Crippen LogP contribution >= 0.6 is 0 Å². The molecule has 1 aromatic heterocycles. The third-order valence-electron chi connectivity index (χ3n) is 8.18. The van der Waals surface area contributed by atoms with Gasteiger partial charge in [0.1, 0.15) is 0 Å². The lowest BCUT2D eigenvalue weighted by Crippen LogP contribution is -2.42. The molecular formula is C31H38N2O3. The number of nitrogens with zero attached hydrogens (tertiary/aromatic N) is 1. The zero-order valence-corrected chi connectivity index (χ0v) is 21.4. The third kappa shape index (κ3) is 5.73. The summed E-state index contributed by atoms with van der Waals surface area (Å²) in [6, 6.07) is 18.6. The summed E-state index contributed by atoms with van der Waals surface area (Å²) in [5.41, 5.74) is 3.82. The van der Waals surface area contributed by atoms with Gasteiger partial charge in [0.05, 0.1) is 6.54 Å². The highest BCUT2D eigenvalue weighted by Crippen LogP contribution is 2.34. The Bertz CT molecular complexity index is 1220. The molecule has 5 nitrogen and oxygen atoms in total. The van der Waals surface area contributed by atoms with Gasteiger partial charge < -0.3 is 14.6 Å². The van der Waals surface area contributed by atoms with Gasteiger partial charge >= 0.3 is 0 Å². The van der Waals surface area contributed by atoms with Crippen molar-refractivity contribution < 1.29 is 9.53 Å². The lowest BCUT2D eigenvalue weighted by atomic mass is 9.80. The predicted octanol–water partition coefficient (Wildman–Crippen LogP) is 5.96. The number of amides is 1. The van der Waals surface area contributed by atoms with Crippen LogP contribution in [-0.2, 0) is 16.1 Å². The number of aromatic nitrogens is 1. The highest BCUT2D eigenvalue weighted by atomic mass is 16.5. The first-order valence-electron chi connectivity index (χ1n) is 13.6. The molecule has 1 atom stereocenters. The number of rotatable bonds is 7. The molecular weight excluding hydrogens is 448 g/mol. The molecule has 1 N–H and O–H groups in total. The Morgan fingerprint density at radius 3 is 2.50 bits per heavy atom. The first kappa shape index (κ1) is 24.8. The molecule has 2 fully saturated rings. The summed E-state index contributed by atoms with van der Waals surface area (Å²) in [5.74, 6) is 0.961. The van der Waals surface area contributed by atoms with Crippen molar-refractivity contribution in [1.82, 2.24) is 9.88 Å². The van der Waals surface area contributed by atoms with Crippen LogP contribution in [0.4, 0.5) is 0 Å². The van der Waals surface area contributed by atoms with E-state index in [0.717, 1.165) is 68.2 Å². The van der Waals surface area contributed by atoms with E-state index in [1.54, 1.807) is 0 Å². The maximum atomic E-state index is 14.0. The highest BCUT2D eigenvalue weighted by molar-refractivity contribution is 5.81. The van der Waals surface area contributed by atoms with E-state index in [1.165, 1.54) is 12.0 Å². The number of hydrogen-bond acceptors (Lipinski definition) is 3. The number of pyridine rings is 1. The summed E-state index contributed by atoms with van der Waals surface area (Å²) in [7, 11) is 0. The molecule has 1 unspecified atom stereocenters. The second kappa shape index (κ2) is 11.4. The van der Waals surface area contributed by atoms with Gasteiger partial charge in [-0.2, -0.15) is 0 Å². The molecule has 1 saturated heterocycles. The molecule has 0 spiro atoms. The lowest BCUT2D eigenvalue weighted by Gasteiger charge is -2.36. The van der Waals surface area contributed by atoms with Gasteiger partial charge in [-0.1, -0.05) is 61.2 Å². The van der Waals surface area contributed by atoms with Gasteiger partial charge in [-0.3, -0.25) is 9.59 Å². The van der Waals surface area contributed by atoms with Crippen molar-refractivity contribution >= 4 is 16.8 Å². The van der Waals surface area contributed by atoms with Crippen molar-refractivity contribution in [3.63, 3.8) is 0 Å². The predicted molar refractivity (Wildman–Crippen MR) is 144 cm³/mol. The van der Waals surface area contributed by atoms with E-state index in [9.17, 15) is 9.59 Å². The molecule has 0 bridgehead atoms. The Morgan fingerprint density at radius 1 is 1.00 bits per heavy atom. The summed E-state index contributed by atoms with van der Waals surface area (Å²) < 4.78 is 5.67. The minimum Gasteiger partial charge on any atom is -0.381 e. The number of nitrogens with one attached hydrogen (secondary N) is 1. The van der Waals surface area contributed by atoms with Crippen LogP contribution in [0.2, 0.25) is 0 Å². The minimum absolute atomic E-state index is 0.0617. The maximum Gasteiger partial charge on any atom is 0.253 e. The van der Waals surface area contributed by atoms with E-state index in [2.05, 4.69) is 42.2 Å². The number of carbonyl (C=O) groups is 1. The van der Waals surface area contributed by atoms with Crippen LogP contribution < -0.4 is 5.56 Å². The summed E-state index contributed by atoms with van der Waals surface area (Å²) in [5, 5.41) is 1.01. The molecule has 36 heavy (non-hydrogen) atoms. The molecule has 2 aliphatic rings. The van der Waals surface area contributed by atoms with Crippen molar-refractivity contribution in [2.75, 3.05) is 19.8 Å². The fraction of sp³-hybridized carbons (Fsp3) is 0.484. The van der Waals surface area contributed by atoms with E-state index < -0.39 is 0 Å². The van der Waals surface area contributed by atoms with Gasteiger partial charge in [-0.25, -0.2) is 0 Å². The second-order valence-electron chi connectivity index (χ2n) is 10.7. The highest BCUT2D eigenvalue weighted by Gasteiger charge is 2.32. The van der Waals surface area contributed by atoms with Crippen LogP contribution in [-0.4, -0.2) is 35.5 Å². The van der Waals surface area contributed by atoms with Gasteiger partial charge in [0.25, 0.3) is 5.56 Å². The Morgan fingerprint density at radius 2 is 1.75 bits per heavy atom. The van der Waals surface area contributed by atoms with Crippen LogP contribution in [0.3, 0.4) is 0 Å². The number of aromatic amines is 1. The van der Waals surface area contributed by atoms with Crippen LogP contribution in [0.1, 0.15) is 67.6 Å². The summed E-state index contributed by atoms with van der Waals surface area (Å²) in [4.78, 5) is 32.1. The van der Waals surface area contributed by atoms with Crippen LogP contribution in [0.15, 0.2) is 59.4 Å². The summed E-state index contributed by atoms with van der Waals surface area (Å²) in [6.45, 7) is 4.58. The zero-order valence-electron chi connectivity index (χ0n) is 21.4. The molecule has 190 valence electrons. The fourth-order valence-corrected chi connectivity index (χ4v) is 6.12. The minimum atomic E-state index is -0.102. The molecule has 1 aliphatic heterocycles. The van der Waals surface area contributed by atoms with E-state index in [4.69, 9.17) is 4.74 Å². The van der Waals surface area contributed by atoms with Gasteiger partial charge in [0.2, 0.25) is 5.91 Å². The Balaban J connectivity index is 1.49. The largest absolute Gasteiger partial charge is 0.381 e. The summed E-state index contributed by atoms with van der Waals surface area (Å²) >= 11 is 0. The Kier molecular flexibility index (Phi) is 7.86. The molecule has 1 saturated carbocycles. The molecule has 3 aromatic rings. The fourth-order valence-electron chi connectivity index (χ4n) is 6.12. The number of carbonyl (C=O) groups excluding carboxylic acids is 1. The van der Waals surface area contributed by atoms with E-state index >= 15 is 0 Å². The topological polar surface area (TPSA) is 62.4 Å². The van der Waals surface area contributed by atoms with Gasteiger partial charge in [-0.15, -0.1) is 0 Å². The van der Waals surface area contributed by atoms with Crippen molar-refractivity contribution in [2.24, 2.45) is 11.8 Å². The smallest absolute Gasteiger partial charge is 0.253 e. The number of ether oxygens (including phenoxy) is 1. The molecule has 2 heterocycles. The number of H-pyrrole nitrogens is 1. The van der Waals surface area contributed by atoms with Crippen molar-refractivity contribution in [3.8, 4) is 0 Å². The normalized spacial score (nSPS) is 18.2. The molecule has 1 amide bonds. The number of benzene rings is 2. The first-order chi connectivity index (χ1) is 17.6. The Labute approximate surface area is 213 Å². The van der Waals surface area contributed by atoms with Crippen LogP contribution in [0, 0.1) is 18.8 Å². The standard InChI is InChI=1S/C31H38N2O3/c1-22-12-13-29-26(18-22)19-27(30(34)32-29)20-33(31(35)25-10-6-3-7-11-25)21-28(23-8-4-2-5-9-23)24-14-16-36-17-15-24/h2,4-5,8-9,12-13,18-19,24-25,28H,3,6-7,10-11,14-17,20-21H2,1H3,(H,32,34). The molecule has 5 heteroatoms. The first-order valence-corrected chi connectivity index (χ1v) is 13.6. The number of aryl methyl sites for hydroxylation is 1. The van der Waals surface area contributed by atoms with Crippen LogP contribution in [0.25, 0.3) is 10.9 Å². The third-order valence-corrected chi connectivity index (χ3v) is 8.18. The average molecular weight is 487 g/mol. The van der Waals surface area contributed by atoms with E-state index in [-0.39, 0.29) is 23.3 Å². The van der Waals surface area contributed by atoms with Crippen molar-refractivity contribution in [1.29, 1.82) is 0 Å². The molecule has 0 radical (unpaired) electrons. The number of fused-ring (bicyclic) bond motifs is 1. The van der Waals surface area contributed by atoms with Gasteiger partial charge in [-0.05, 0) is 67.7 Å². The average Bonchev–Trinajstić information content (AvgIpc) is 2.92. The SMILES string of the molecule is Cc1ccc2[nH]c(=O)c(CN(CC(c3ccccc3)C3CCOCC3)C(=O)C3CCCCC3)cc2c1. The van der Waals surface area contributed by atoms with Crippen LogP contribution in [0.5, 0.6) is 0 Å². The monoisotopic (exact) mass is 486 g/mol. The second-order valence-corrected chi connectivity index (χ2v) is 10.7. The quantitative estimate of drug-likeness (QED) is 0.448. The lowest BCUT2D eigenvalue weighted by molar-refractivity contribution is -0.137. The molecule has 5 rings (SSSR count).